The number of methoxy groups -OCH3 is 1. The fourth-order valence-corrected chi connectivity index (χ4v) is 2.57. The van der Waals surface area contributed by atoms with Crippen LogP contribution >= 0.6 is 0 Å². The molecule has 0 bridgehead atoms. The summed E-state index contributed by atoms with van der Waals surface area (Å²) in [6.07, 6.45) is 5.91. The van der Waals surface area contributed by atoms with Crippen molar-refractivity contribution in [2.75, 3.05) is 13.7 Å². The van der Waals surface area contributed by atoms with Gasteiger partial charge in [0.1, 0.15) is 5.75 Å². The lowest BCUT2D eigenvalue weighted by Gasteiger charge is -2.09. The number of hydrogen-bond acceptors (Lipinski definition) is 2. The molecular formula is C15H22N2O. The lowest BCUT2D eigenvalue weighted by atomic mass is 10.1. The third-order valence-electron chi connectivity index (χ3n) is 3.64. The van der Waals surface area contributed by atoms with Gasteiger partial charge in [0.25, 0.3) is 0 Å². The van der Waals surface area contributed by atoms with Crippen molar-refractivity contribution in [3.8, 4) is 5.75 Å². The monoisotopic (exact) mass is 246 g/mol. The topological polar surface area (TPSA) is 47.6 Å². The maximum Gasteiger partial charge on any atom is 0.122 e. The van der Waals surface area contributed by atoms with Crippen LogP contribution in [0.4, 0.5) is 0 Å². The number of nitrogens with zero attached hydrogens (tertiary/aromatic N) is 1. The van der Waals surface area contributed by atoms with Crippen molar-refractivity contribution in [3.05, 3.63) is 29.8 Å². The molecule has 1 aromatic carbocycles. The molecular weight excluding hydrogens is 224 g/mol. The number of ether oxygens (including phenoxy) is 1. The van der Waals surface area contributed by atoms with Gasteiger partial charge in [-0.1, -0.05) is 31.0 Å². The highest BCUT2D eigenvalue weighted by atomic mass is 16.5. The van der Waals surface area contributed by atoms with Gasteiger partial charge in [0.15, 0.2) is 0 Å². The predicted octanol–water partition coefficient (Wildman–Crippen LogP) is 2.79. The minimum Gasteiger partial charge on any atom is -0.496 e. The maximum absolute atomic E-state index is 6.03. The Kier molecular flexibility index (Phi) is 4.62. The first-order valence-electron chi connectivity index (χ1n) is 6.73. The summed E-state index contributed by atoms with van der Waals surface area (Å²) in [6, 6.07) is 8.08. The summed E-state index contributed by atoms with van der Waals surface area (Å²) in [6.45, 7) is 0.753. The van der Waals surface area contributed by atoms with E-state index in [0.717, 1.165) is 24.6 Å². The first-order valence-corrected chi connectivity index (χ1v) is 6.73. The van der Waals surface area contributed by atoms with Crippen molar-refractivity contribution in [3.63, 3.8) is 0 Å². The zero-order valence-corrected chi connectivity index (χ0v) is 11.1. The molecule has 1 aliphatic rings. The van der Waals surface area contributed by atoms with Gasteiger partial charge >= 0.3 is 0 Å². The quantitative estimate of drug-likeness (QED) is 0.641. The molecule has 98 valence electrons. The molecule has 0 heterocycles. The molecule has 0 spiro atoms. The normalized spacial score (nSPS) is 17.1. The molecule has 1 aromatic rings. The van der Waals surface area contributed by atoms with Gasteiger partial charge in [-0.3, -0.25) is 4.99 Å². The minimum atomic E-state index is 0.530. The molecule has 0 amide bonds. The van der Waals surface area contributed by atoms with Crippen molar-refractivity contribution < 1.29 is 4.74 Å². The standard InChI is InChI=1S/C15H22N2O/c1-18-14-9-5-4-6-12(14)10-11-17-15(16)13-7-2-3-8-13/h4-6,9,13H,2-3,7-8,10-11H2,1H3,(H2,16,17). The predicted molar refractivity (Wildman–Crippen MR) is 75.1 cm³/mol. The van der Waals surface area contributed by atoms with E-state index in [1.54, 1.807) is 7.11 Å². The summed E-state index contributed by atoms with van der Waals surface area (Å²) >= 11 is 0. The van der Waals surface area contributed by atoms with Gasteiger partial charge in [-0.05, 0) is 30.9 Å². The van der Waals surface area contributed by atoms with Crippen LogP contribution < -0.4 is 10.5 Å². The molecule has 0 unspecified atom stereocenters. The first kappa shape index (κ1) is 12.9. The summed E-state index contributed by atoms with van der Waals surface area (Å²) in [4.78, 5) is 4.52. The van der Waals surface area contributed by atoms with Crippen LogP contribution in [0.25, 0.3) is 0 Å². The number of rotatable bonds is 5. The lowest BCUT2D eigenvalue weighted by molar-refractivity contribution is 0.410. The third kappa shape index (κ3) is 3.25. The van der Waals surface area contributed by atoms with Gasteiger partial charge in [-0.25, -0.2) is 0 Å². The Morgan fingerprint density at radius 1 is 1.33 bits per heavy atom. The Morgan fingerprint density at radius 3 is 2.78 bits per heavy atom. The Bertz CT molecular complexity index is 409. The van der Waals surface area contributed by atoms with E-state index in [0.29, 0.717) is 5.92 Å². The molecule has 3 heteroatoms. The zero-order valence-electron chi connectivity index (χ0n) is 11.1. The summed E-state index contributed by atoms with van der Waals surface area (Å²) in [5.74, 6) is 2.32. The number of nitrogens with two attached hydrogens (primary N) is 1. The molecule has 0 saturated heterocycles. The number of benzene rings is 1. The van der Waals surface area contributed by atoms with Crippen molar-refractivity contribution in [1.82, 2.24) is 0 Å². The molecule has 0 radical (unpaired) electrons. The van der Waals surface area contributed by atoms with Crippen molar-refractivity contribution in [2.45, 2.75) is 32.1 Å². The molecule has 3 nitrogen and oxygen atoms in total. The van der Waals surface area contributed by atoms with E-state index in [4.69, 9.17) is 10.5 Å². The summed E-state index contributed by atoms with van der Waals surface area (Å²) in [7, 11) is 1.70. The minimum absolute atomic E-state index is 0.530. The van der Waals surface area contributed by atoms with E-state index in [1.165, 1.54) is 31.2 Å². The number of para-hydroxylation sites is 1. The summed E-state index contributed by atoms with van der Waals surface area (Å²) < 4.78 is 5.32. The molecule has 2 N–H and O–H groups in total. The van der Waals surface area contributed by atoms with Gasteiger partial charge < -0.3 is 10.5 Å². The van der Waals surface area contributed by atoms with E-state index >= 15 is 0 Å². The second-order valence-electron chi connectivity index (χ2n) is 4.85. The molecule has 1 fully saturated rings. The highest BCUT2D eigenvalue weighted by molar-refractivity contribution is 5.83. The van der Waals surface area contributed by atoms with Gasteiger partial charge in [-0.15, -0.1) is 0 Å². The van der Waals surface area contributed by atoms with Crippen molar-refractivity contribution in [2.24, 2.45) is 16.6 Å². The van der Waals surface area contributed by atoms with Crippen molar-refractivity contribution >= 4 is 5.84 Å². The van der Waals surface area contributed by atoms with Crippen LogP contribution in [0.1, 0.15) is 31.2 Å². The van der Waals surface area contributed by atoms with E-state index < -0.39 is 0 Å². The van der Waals surface area contributed by atoms with Crippen LogP contribution in [0.3, 0.4) is 0 Å². The highest BCUT2D eigenvalue weighted by Crippen LogP contribution is 2.24. The largest absolute Gasteiger partial charge is 0.496 e. The van der Waals surface area contributed by atoms with Crippen LogP contribution in [0.15, 0.2) is 29.3 Å². The fourth-order valence-electron chi connectivity index (χ4n) is 2.57. The van der Waals surface area contributed by atoms with E-state index in [1.807, 2.05) is 18.2 Å². The molecule has 1 saturated carbocycles. The molecule has 0 atom stereocenters. The van der Waals surface area contributed by atoms with Crippen molar-refractivity contribution in [1.29, 1.82) is 0 Å². The SMILES string of the molecule is COc1ccccc1CCN=C(N)C1CCCC1. The van der Waals surface area contributed by atoms with Crippen LogP contribution in [0.2, 0.25) is 0 Å². The lowest BCUT2D eigenvalue weighted by Crippen LogP contribution is -2.22. The first-order chi connectivity index (χ1) is 8.81. The zero-order chi connectivity index (χ0) is 12.8. The molecule has 18 heavy (non-hydrogen) atoms. The molecule has 0 aliphatic heterocycles. The second kappa shape index (κ2) is 6.43. The molecule has 0 aromatic heterocycles. The summed E-state index contributed by atoms with van der Waals surface area (Å²) in [5.41, 5.74) is 7.23. The Balaban J connectivity index is 1.89. The van der Waals surface area contributed by atoms with Gasteiger partial charge in [-0.2, -0.15) is 0 Å². The van der Waals surface area contributed by atoms with Crippen LogP contribution in [-0.2, 0) is 6.42 Å². The average molecular weight is 246 g/mol. The number of aliphatic imine (C=N–C) groups is 1. The molecule has 1 aliphatic carbocycles. The van der Waals surface area contributed by atoms with Gasteiger partial charge in [0, 0.05) is 12.5 Å². The summed E-state index contributed by atoms with van der Waals surface area (Å²) in [5, 5.41) is 0. The maximum atomic E-state index is 6.03. The molecule has 2 rings (SSSR count). The number of hydrogen-bond donors (Lipinski definition) is 1. The average Bonchev–Trinajstić information content (AvgIpc) is 2.93. The fraction of sp³-hybridized carbons (Fsp3) is 0.533. The van der Waals surface area contributed by atoms with Crippen LogP contribution in [0, 0.1) is 5.92 Å². The number of amidine groups is 1. The highest BCUT2D eigenvalue weighted by Gasteiger charge is 2.18. The van der Waals surface area contributed by atoms with Crippen LogP contribution in [-0.4, -0.2) is 19.5 Å². The van der Waals surface area contributed by atoms with Gasteiger partial charge in [0.05, 0.1) is 12.9 Å². The Morgan fingerprint density at radius 2 is 2.06 bits per heavy atom. The van der Waals surface area contributed by atoms with Gasteiger partial charge in [0.2, 0.25) is 0 Å². The smallest absolute Gasteiger partial charge is 0.122 e. The third-order valence-corrected chi connectivity index (χ3v) is 3.64. The van der Waals surface area contributed by atoms with E-state index in [9.17, 15) is 0 Å². The van der Waals surface area contributed by atoms with E-state index in [-0.39, 0.29) is 0 Å². The van der Waals surface area contributed by atoms with E-state index in [2.05, 4.69) is 11.1 Å². The van der Waals surface area contributed by atoms with Crippen LogP contribution in [0.5, 0.6) is 5.75 Å². The second-order valence-corrected chi connectivity index (χ2v) is 4.85. The Hall–Kier alpha value is -1.51. The Labute approximate surface area is 109 Å².